The second kappa shape index (κ2) is 10.9. The van der Waals surface area contributed by atoms with Gasteiger partial charge in [-0.1, -0.05) is 54.1 Å². The molecule has 7 heteroatoms. The van der Waals surface area contributed by atoms with Crippen LogP contribution in [0.5, 0.6) is 0 Å². The standard InChI is InChI=1S/C20H26ClN3O2S/c1-22-20(24-13-11-17-9-5-10-19(21)15-17)23-12-6-14-27(25,26)16-18-7-3-2-4-8-18/h2-5,7-10,15H,6,11-14,16H2,1H3,(H2,22,23,24). The molecule has 0 amide bonds. The van der Waals surface area contributed by atoms with Crippen molar-refractivity contribution >= 4 is 27.4 Å². The number of rotatable bonds is 9. The minimum atomic E-state index is -3.11. The molecule has 0 aromatic heterocycles. The first-order valence-electron chi connectivity index (χ1n) is 8.92. The number of halogens is 1. The third kappa shape index (κ3) is 8.45. The Hall–Kier alpha value is -2.05. The molecular formula is C20H26ClN3O2S. The van der Waals surface area contributed by atoms with Crippen LogP contribution in [0.15, 0.2) is 59.6 Å². The molecule has 0 heterocycles. The number of hydrogen-bond acceptors (Lipinski definition) is 3. The Bertz CT molecular complexity index is 839. The van der Waals surface area contributed by atoms with E-state index in [1.54, 1.807) is 7.05 Å². The molecule has 0 radical (unpaired) electrons. The highest BCUT2D eigenvalue weighted by Gasteiger charge is 2.11. The summed E-state index contributed by atoms with van der Waals surface area (Å²) in [5, 5.41) is 7.10. The maximum Gasteiger partial charge on any atom is 0.190 e. The molecule has 0 fully saturated rings. The molecule has 0 aliphatic heterocycles. The average molecular weight is 408 g/mol. The van der Waals surface area contributed by atoms with Gasteiger partial charge in [-0.25, -0.2) is 8.42 Å². The highest BCUT2D eigenvalue weighted by molar-refractivity contribution is 7.90. The lowest BCUT2D eigenvalue weighted by atomic mass is 10.1. The zero-order valence-corrected chi connectivity index (χ0v) is 17.1. The van der Waals surface area contributed by atoms with Crippen molar-refractivity contribution in [2.75, 3.05) is 25.9 Å². The lowest BCUT2D eigenvalue weighted by Crippen LogP contribution is -2.39. The summed E-state index contributed by atoms with van der Waals surface area (Å²) in [6, 6.07) is 17.0. The minimum absolute atomic E-state index is 0.0838. The number of guanidine groups is 1. The van der Waals surface area contributed by atoms with Crippen LogP contribution in [-0.4, -0.2) is 40.3 Å². The first-order chi connectivity index (χ1) is 13.0. The van der Waals surface area contributed by atoms with E-state index < -0.39 is 9.84 Å². The summed E-state index contributed by atoms with van der Waals surface area (Å²) in [5.74, 6) is 0.895. The molecule has 2 rings (SSSR count). The summed E-state index contributed by atoms with van der Waals surface area (Å²) in [6.45, 7) is 1.26. The molecule has 2 N–H and O–H groups in total. The normalized spacial score (nSPS) is 12.0. The van der Waals surface area contributed by atoms with Gasteiger partial charge in [0, 0.05) is 25.2 Å². The molecule has 0 spiro atoms. The van der Waals surface area contributed by atoms with Crippen molar-refractivity contribution < 1.29 is 8.42 Å². The molecule has 27 heavy (non-hydrogen) atoms. The van der Waals surface area contributed by atoms with Gasteiger partial charge < -0.3 is 10.6 Å². The number of nitrogens with zero attached hydrogens (tertiary/aromatic N) is 1. The third-order valence-corrected chi connectivity index (χ3v) is 5.89. The Morgan fingerprint density at radius 1 is 1.00 bits per heavy atom. The summed E-state index contributed by atoms with van der Waals surface area (Å²) >= 11 is 5.98. The van der Waals surface area contributed by atoms with Gasteiger partial charge in [-0.15, -0.1) is 0 Å². The zero-order chi connectivity index (χ0) is 19.5. The van der Waals surface area contributed by atoms with Crippen molar-refractivity contribution in [3.63, 3.8) is 0 Å². The molecule has 2 aromatic carbocycles. The average Bonchev–Trinajstić information content (AvgIpc) is 2.64. The number of hydrogen-bond donors (Lipinski definition) is 2. The fourth-order valence-electron chi connectivity index (χ4n) is 2.64. The van der Waals surface area contributed by atoms with Crippen LogP contribution >= 0.6 is 11.6 Å². The predicted molar refractivity (Wildman–Crippen MR) is 113 cm³/mol. The predicted octanol–water partition coefficient (Wildman–Crippen LogP) is 3.05. The number of nitrogens with one attached hydrogen (secondary N) is 2. The van der Waals surface area contributed by atoms with Gasteiger partial charge >= 0.3 is 0 Å². The van der Waals surface area contributed by atoms with Crippen LogP contribution in [0, 0.1) is 0 Å². The summed E-state index contributed by atoms with van der Waals surface area (Å²) in [6.07, 6.45) is 1.36. The molecule has 5 nitrogen and oxygen atoms in total. The van der Waals surface area contributed by atoms with E-state index in [-0.39, 0.29) is 11.5 Å². The van der Waals surface area contributed by atoms with Crippen LogP contribution in [0.4, 0.5) is 0 Å². The van der Waals surface area contributed by atoms with E-state index >= 15 is 0 Å². The molecular weight excluding hydrogens is 382 g/mol. The van der Waals surface area contributed by atoms with Gasteiger partial charge in [0.1, 0.15) is 0 Å². The van der Waals surface area contributed by atoms with Crippen LogP contribution in [0.3, 0.4) is 0 Å². The van der Waals surface area contributed by atoms with E-state index in [1.807, 2.05) is 54.6 Å². The van der Waals surface area contributed by atoms with E-state index in [1.165, 1.54) is 0 Å². The number of aliphatic imine (C=N–C) groups is 1. The lowest BCUT2D eigenvalue weighted by Gasteiger charge is -2.12. The van der Waals surface area contributed by atoms with E-state index in [2.05, 4.69) is 15.6 Å². The quantitative estimate of drug-likeness (QED) is 0.380. The molecule has 2 aromatic rings. The van der Waals surface area contributed by atoms with Gasteiger partial charge in [-0.05, 0) is 36.1 Å². The summed E-state index contributed by atoms with van der Waals surface area (Å²) in [7, 11) is -1.41. The van der Waals surface area contributed by atoms with E-state index in [0.29, 0.717) is 25.5 Å². The highest BCUT2D eigenvalue weighted by atomic mass is 35.5. The van der Waals surface area contributed by atoms with Gasteiger partial charge in [0.05, 0.1) is 11.5 Å². The van der Waals surface area contributed by atoms with Crippen molar-refractivity contribution in [3.05, 3.63) is 70.7 Å². The molecule has 146 valence electrons. The highest BCUT2D eigenvalue weighted by Crippen LogP contribution is 2.10. The fourth-order valence-corrected chi connectivity index (χ4v) is 4.28. The molecule has 0 aliphatic carbocycles. The molecule has 0 saturated heterocycles. The molecule has 0 saturated carbocycles. The van der Waals surface area contributed by atoms with Gasteiger partial charge in [0.2, 0.25) is 0 Å². The first kappa shape index (κ1) is 21.3. The molecule has 0 unspecified atom stereocenters. The van der Waals surface area contributed by atoms with Crippen LogP contribution in [0.2, 0.25) is 5.02 Å². The zero-order valence-electron chi connectivity index (χ0n) is 15.5. The lowest BCUT2D eigenvalue weighted by molar-refractivity contribution is 0.591. The van der Waals surface area contributed by atoms with Crippen LogP contribution < -0.4 is 10.6 Å². The minimum Gasteiger partial charge on any atom is -0.356 e. The maximum atomic E-state index is 12.2. The van der Waals surface area contributed by atoms with Crippen molar-refractivity contribution in [1.29, 1.82) is 0 Å². The van der Waals surface area contributed by atoms with Gasteiger partial charge in [-0.2, -0.15) is 0 Å². The van der Waals surface area contributed by atoms with Crippen molar-refractivity contribution in [1.82, 2.24) is 10.6 Å². The third-order valence-electron chi connectivity index (χ3n) is 3.97. The largest absolute Gasteiger partial charge is 0.356 e. The van der Waals surface area contributed by atoms with Gasteiger partial charge in [0.15, 0.2) is 15.8 Å². The van der Waals surface area contributed by atoms with Gasteiger partial charge in [0.25, 0.3) is 0 Å². The summed E-state index contributed by atoms with van der Waals surface area (Å²) in [4.78, 5) is 4.16. The topological polar surface area (TPSA) is 70.6 Å². The Balaban J connectivity index is 1.67. The van der Waals surface area contributed by atoms with Crippen LogP contribution in [-0.2, 0) is 22.0 Å². The van der Waals surface area contributed by atoms with Crippen LogP contribution in [0.1, 0.15) is 17.5 Å². The monoisotopic (exact) mass is 407 g/mol. The first-order valence-corrected chi connectivity index (χ1v) is 11.1. The Morgan fingerprint density at radius 2 is 1.70 bits per heavy atom. The fraction of sp³-hybridized carbons (Fsp3) is 0.350. The second-order valence-corrected chi connectivity index (χ2v) is 8.86. The smallest absolute Gasteiger partial charge is 0.190 e. The Morgan fingerprint density at radius 3 is 2.41 bits per heavy atom. The number of benzene rings is 2. The summed E-state index contributed by atoms with van der Waals surface area (Å²) in [5.41, 5.74) is 1.97. The van der Waals surface area contributed by atoms with Crippen molar-refractivity contribution in [3.8, 4) is 0 Å². The second-order valence-electron chi connectivity index (χ2n) is 6.24. The van der Waals surface area contributed by atoms with Crippen LogP contribution in [0.25, 0.3) is 0 Å². The van der Waals surface area contributed by atoms with E-state index in [0.717, 1.165) is 22.6 Å². The SMILES string of the molecule is CN=C(NCCCS(=O)(=O)Cc1ccccc1)NCCc1cccc(Cl)c1. The van der Waals surface area contributed by atoms with E-state index in [4.69, 9.17) is 11.6 Å². The van der Waals surface area contributed by atoms with E-state index in [9.17, 15) is 8.42 Å². The maximum absolute atomic E-state index is 12.2. The Kier molecular flexibility index (Phi) is 8.61. The van der Waals surface area contributed by atoms with Crippen molar-refractivity contribution in [2.45, 2.75) is 18.6 Å². The summed E-state index contributed by atoms with van der Waals surface area (Å²) < 4.78 is 24.4. The number of sulfone groups is 1. The molecule has 0 bridgehead atoms. The van der Waals surface area contributed by atoms with Gasteiger partial charge in [-0.3, -0.25) is 4.99 Å². The molecule has 0 atom stereocenters. The van der Waals surface area contributed by atoms with Crippen molar-refractivity contribution in [2.24, 2.45) is 4.99 Å². The molecule has 0 aliphatic rings. The Labute approximate surface area is 166 Å².